The van der Waals surface area contributed by atoms with Crippen LogP contribution in [0.3, 0.4) is 0 Å². The average molecular weight is 226 g/mol. The quantitative estimate of drug-likeness (QED) is 0.370. The number of nitrogens with two attached hydrogens (primary N) is 1. The minimum absolute atomic E-state index is 1.06. The van der Waals surface area contributed by atoms with E-state index in [1.807, 2.05) is 12.2 Å². The minimum atomic E-state index is 1.06. The van der Waals surface area contributed by atoms with E-state index >= 15 is 0 Å². The first-order chi connectivity index (χ1) is 7.86. The normalized spacial score (nSPS) is 17.6. The van der Waals surface area contributed by atoms with Gasteiger partial charge in [-0.2, -0.15) is 0 Å². The van der Waals surface area contributed by atoms with Gasteiger partial charge in [0.25, 0.3) is 0 Å². The van der Waals surface area contributed by atoms with Crippen molar-refractivity contribution in [2.45, 2.75) is 6.42 Å². The minimum Gasteiger partial charge on any atom is -0.337 e. The second kappa shape index (κ2) is 8.50. The standard InChI is InChI=1S/C13H25N3/c1-3-8-15(9-4-2)10-5-11-16-12-6-14-7-13-16/h3-4,14H,1-2,5-13H2/p+3. The second-order valence-electron chi connectivity index (χ2n) is 4.71. The van der Waals surface area contributed by atoms with E-state index in [4.69, 9.17) is 0 Å². The van der Waals surface area contributed by atoms with E-state index < -0.39 is 0 Å². The summed E-state index contributed by atoms with van der Waals surface area (Å²) in [5, 5.41) is 2.43. The molecule has 92 valence electrons. The zero-order valence-corrected chi connectivity index (χ0v) is 10.5. The van der Waals surface area contributed by atoms with E-state index in [2.05, 4.69) is 18.5 Å². The van der Waals surface area contributed by atoms with Gasteiger partial charge in [0.2, 0.25) is 0 Å². The highest BCUT2D eigenvalue weighted by Crippen LogP contribution is 1.68. The zero-order valence-electron chi connectivity index (χ0n) is 10.5. The maximum atomic E-state index is 3.82. The number of piperazine rings is 1. The van der Waals surface area contributed by atoms with Gasteiger partial charge < -0.3 is 15.1 Å². The molecule has 0 aromatic rings. The highest BCUT2D eigenvalue weighted by atomic mass is 15.2. The summed E-state index contributed by atoms with van der Waals surface area (Å²) in [5.74, 6) is 0. The van der Waals surface area contributed by atoms with E-state index in [1.165, 1.54) is 45.7 Å². The first-order valence-electron chi connectivity index (χ1n) is 6.57. The molecule has 1 heterocycles. The first-order valence-corrected chi connectivity index (χ1v) is 6.57. The summed E-state index contributed by atoms with van der Waals surface area (Å²) < 4.78 is 0. The molecular weight excluding hydrogens is 198 g/mol. The molecule has 0 amide bonds. The summed E-state index contributed by atoms with van der Waals surface area (Å²) in [5.41, 5.74) is 0. The van der Waals surface area contributed by atoms with Gasteiger partial charge in [-0.05, 0) is 12.2 Å². The Labute approximate surface area is 99.8 Å². The van der Waals surface area contributed by atoms with Crippen molar-refractivity contribution < 1.29 is 15.1 Å². The smallest absolute Gasteiger partial charge is 0.127 e. The van der Waals surface area contributed by atoms with E-state index in [1.54, 1.807) is 9.80 Å². The number of rotatable bonds is 8. The van der Waals surface area contributed by atoms with Crippen LogP contribution in [0, 0.1) is 0 Å². The second-order valence-corrected chi connectivity index (χ2v) is 4.71. The Morgan fingerprint density at radius 1 is 1.12 bits per heavy atom. The summed E-state index contributed by atoms with van der Waals surface area (Å²) in [7, 11) is 0. The van der Waals surface area contributed by atoms with Gasteiger partial charge >= 0.3 is 0 Å². The molecule has 0 radical (unpaired) electrons. The Morgan fingerprint density at radius 3 is 2.31 bits per heavy atom. The monoisotopic (exact) mass is 226 g/mol. The molecule has 1 rings (SSSR count). The SMILES string of the molecule is C=CC[NH+](CC=C)CCC[NH+]1CC[NH2+]CC1. The summed E-state index contributed by atoms with van der Waals surface area (Å²) in [6.07, 6.45) is 5.36. The van der Waals surface area contributed by atoms with Gasteiger partial charge in [-0.25, -0.2) is 0 Å². The third kappa shape index (κ3) is 5.45. The number of nitrogens with one attached hydrogen (secondary N) is 2. The molecule has 0 unspecified atom stereocenters. The van der Waals surface area contributed by atoms with Gasteiger partial charge in [0.05, 0.1) is 26.2 Å². The van der Waals surface area contributed by atoms with Crippen molar-refractivity contribution in [1.82, 2.24) is 0 Å². The molecule has 0 aromatic carbocycles. The maximum absolute atomic E-state index is 3.82. The van der Waals surface area contributed by atoms with Gasteiger partial charge in [-0.3, -0.25) is 0 Å². The van der Waals surface area contributed by atoms with Crippen molar-refractivity contribution in [2.75, 3.05) is 52.4 Å². The lowest BCUT2D eigenvalue weighted by atomic mass is 10.3. The Kier molecular flexibility index (Phi) is 7.14. The lowest BCUT2D eigenvalue weighted by Gasteiger charge is -2.23. The zero-order chi connectivity index (χ0) is 11.6. The fourth-order valence-corrected chi connectivity index (χ4v) is 2.42. The van der Waals surface area contributed by atoms with Crippen LogP contribution in [-0.2, 0) is 0 Å². The molecule has 0 aromatic heterocycles. The first kappa shape index (κ1) is 13.4. The van der Waals surface area contributed by atoms with Crippen LogP contribution in [-0.4, -0.2) is 52.4 Å². The van der Waals surface area contributed by atoms with Crippen molar-refractivity contribution in [1.29, 1.82) is 0 Å². The number of quaternary nitrogens is 3. The Hall–Kier alpha value is -0.640. The predicted molar refractivity (Wildman–Crippen MR) is 67.8 cm³/mol. The molecule has 4 N–H and O–H groups in total. The van der Waals surface area contributed by atoms with Crippen LogP contribution >= 0.6 is 0 Å². The molecule has 0 aliphatic carbocycles. The maximum Gasteiger partial charge on any atom is 0.127 e. The van der Waals surface area contributed by atoms with Crippen LogP contribution in [0.4, 0.5) is 0 Å². The highest BCUT2D eigenvalue weighted by molar-refractivity contribution is 4.67. The van der Waals surface area contributed by atoms with Crippen LogP contribution in [0.25, 0.3) is 0 Å². The summed E-state index contributed by atoms with van der Waals surface area (Å²) in [4.78, 5) is 3.38. The molecule has 0 atom stereocenters. The van der Waals surface area contributed by atoms with Crippen molar-refractivity contribution in [3.05, 3.63) is 25.3 Å². The largest absolute Gasteiger partial charge is 0.337 e. The molecule has 1 aliphatic heterocycles. The molecule has 1 aliphatic rings. The number of hydrogen-bond donors (Lipinski definition) is 3. The Bertz CT molecular complexity index is 187. The fraction of sp³-hybridized carbons (Fsp3) is 0.692. The van der Waals surface area contributed by atoms with E-state index in [0.29, 0.717) is 0 Å². The van der Waals surface area contributed by atoms with Crippen LogP contribution in [0.15, 0.2) is 25.3 Å². The average Bonchev–Trinajstić information content (AvgIpc) is 2.31. The molecule has 1 fully saturated rings. The van der Waals surface area contributed by atoms with Gasteiger partial charge in [-0.15, -0.1) is 0 Å². The molecular formula is C13H28N3+3. The molecule has 0 bridgehead atoms. The van der Waals surface area contributed by atoms with E-state index in [0.717, 1.165) is 13.1 Å². The van der Waals surface area contributed by atoms with Gasteiger partial charge in [0.15, 0.2) is 0 Å². The third-order valence-corrected chi connectivity index (χ3v) is 3.33. The van der Waals surface area contributed by atoms with Crippen molar-refractivity contribution >= 4 is 0 Å². The third-order valence-electron chi connectivity index (χ3n) is 3.33. The molecule has 1 saturated heterocycles. The number of hydrogen-bond acceptors (Lipinski definition) is 0. The van der Waals surface area contributed by atoms with Gasteiger partial charge in [0, 0.05) is 6.42 Å². The van der Waals surface area contributed by atoms with Crippen molar-refractivity contribution in [3.8, 4) is 0 Å². The predicted octanol–water partition coefficient (Wildman–Crippen LogP) is -2.90. The van der Waals surface area contributed by atoms with Crippen LogP contribution in [0.2, 0.25) is 0 Å². The lowest BCUT2D eigenvalue weighted by molar-refractivity contribution is -0.951. The topological polar surface area (TPSA) is 25.5 Å². The highest BCUT2D eigenvalue weighted by Gasteiger charge is 2.15. The van der Waals surface area contributed by atoms with Crippen LogP contribution in [0.5, 0.6) is 0 Å². The van der Waals surface area contributed by atoms with E-state index in [-0.39, 0.29) is 0 Å². The van der Waals surface area contributed by atoms with Gasteiger partial charge in [-0.1, -0.05) is 13.2 Å². The molecule has 0 saturated carbocycles. The molecule has 0 spiro atoms. The summed E-state index contributed by atoms with van der Waals surface area (Å²) in [6, 6.07) is 0. The van der Waals surface area contributed by atoms with Gasteiger partial charge in [0.1, 0.15) is 26.2 Å². The van der Waals surface area contributed by atoms with E-state index in [9.17, 15) is 0 Å². The molecule has 3 nitrogen and oxygen atoms in total. The fourth-order valence-electron chi connectivity index (χ4n) is 2.42. The van der Waals surface area contributed by atoms with Crippen molar-refractivity contribution in [2.24, 2.45) is 0 Å². The lowest BCUT2D eigenvalue weighted by Crippen LogP contribution is -3.21. The summed E-state index contributed by atoms with van der Waals surface area (Å²) in [6.45, 7) is 17.7. The Balaban J connectivity index is 2.10. The summed E-state index contributed by atoms with van der Waals surface area (Å²) >= 11 is 0. The van der Waals surface area contributed by atoms with Crippen LogP contribution < -0.4 is 15.1 Å². The Morgan fingerprint density at radius 2 is 1.75 bits per heavy atom. The molecule has 16 heavy (non-hydrogen) atoms. The molecule has 3 heteroatoms. The van der Waals surface area contributed by atoms with Crippen molar-refractivity contribution in [3.63, 3.8) is 0 Å². The van der Waals surface area contributed by atoms with Crippen LogP contribution in [0.1, 0.15) is 6.42 Å².